The molecule has 1 aromatic rings. The molecule has 1 fully saturated rings. The highest BCUT2D eigenvalue weighted by atomic mass is 16.5. The first-order valence-electron chi connectivity index (χ1n) is 8.10. The van der Waals surface area contributed by atoms with Crippen LogP contribution >= 0.6 is 0 Å². The van der Waals surface area contributed by atoms with Crippen molar-refractivity contribution in [3.05, 3.63) is 29.8 Å². The van der Waals surface area contributed by atoms with Gasteiger partial charge in [0.15, 0.2) is 6.61 Å². The van der Waals surface area contributed by atoms with Gasteiger partial charge in [-0.3, -0.25) is 9.59 Å². The van der Waals surface area contributed by atoms with E-state index in [-0.39, 0.29) is 19.6 Å². The van der Waals surface area contributed by atoms with Crippen LogP contribution in [0.2, 0.25) is 0 Å². The standard InChI is InChI=1S/C18H22N2O4/c1-14-4-6-15(7-5-14)23-11-8-17(22)24-12-16(21)20-18(13-19)9-2-3-10-18/h4-7H,2-3,8-12H2,1H3,(H,20,21). The molecule has 1 aliphatic rings. The molecular formula is C18H22N2O4. The number of amides is 1. The van der Waals surface area contributed by atoms with E-state index in [2.05, 4.69) is 11.4 Å². The number of esters is 1. The van der Waals surface area contributed by atoms with Crippen LogP contribution in [0, 0.1) is 18.3 Å². The summed E-state index contributed by atoms with van der Waals surface area (Å²) in [6.07, 6.45) is 3.19. The van der Waals surface area contributed by atoms with Gasteiger partial charge < -0.3 is 14.8 Å². The largest absolute Gasteiger partial charge is 0.493 e. The molecule has 1 aromatic carbocycles. The quantitative estimate of drug-likeness (QED) is 0.775. The van der Waals surface area contributed by atoms with Crippen molar-refractivity contribution in [3.63, 3.8) is 0 Å². The molecule has 0 unspecified atom stereocenters. The van der Waals surface area contributed by atoms with Crippen molar-refractivity contribution in [3.8, 4) is 11.8 Å². The van der Waals surface area contributed by atoms with Gasteiger partial charge in [-0.05, 0) is 44.7 Å². The molecule has 0 saturated heterocycles. The van der Waals surface area contributed by atoms with Gasteiger partial charge in [-0.1, -0.05) is 17.7 Å². The zero-order valence-electron chi connectivity index (χ0n) is 13.8. The normalized spacial score (nSPS) is 15.3. The summed E-state index contributed by atoms with van der Waals surface area (Å²) >= 11 is 0. The van der Waals surface area contributed by atoms with Crippen LogP contribution in [0.25, 0.3) is 0 Å². The summed E-state index contributed by atoms with van der Waals surface area (Å²) < 4.78 is 10.4. The van der Waals surface area contributed by atoms with E-state index in [1.807, 2.05) is 31.2 Å². The monoisotopic (exact) mass is 330 g/mol. The predicted molar refractivity (Wildman–Crippen MR) is 87.2 cm³/mol. The van der Waals surface area contributed by atoms with E-state index < -0.39 is 17.4 Å². The molecule has 6 nitrogen and oxygen atoms in total. The number of nitrogens with one attached hydrogen (secondary N) is 1. The highest BCUT2D eigenvalue weighted by Gasteiger charge is 2.35. The van der Waals surface area contributed by atoms with Crippen molar-refractivity contribution in [1.82, 2.24) is 5.32 Å². The Hall–Kier alpha value is -2.55. The van der Waals surface area contributed by atoms with E-state index in [1.165, 1.54) is 0 Å². The third-order valence-corrected chi connectivity index (χ3v) is 4.01. The molecule has 1 N–H and O–H groups in total. The molecule has 6 heteroatoms. The minimum Gasteiger partial charge on any atom is -0.493 e. The average Bonchev–Trinajstić information content (AvgIpc) is 3.04. The summed E-state index contributed by atoms with van der Waals surface area (Å²) in [4.78, 5) is 23.5. The Morgan fingerprint density at radius 3 is 2.54 bits per heavy atom. The molecule has 1 amide bonds. The van der Waals surface area contributed by atoms with Crippen molar-refractivity contribution < 1.29 is 19.1 Å². The van der Waals surface area contributed by atoms with Crippen LogP contribution in [0.5, 0.6) is 5.75 Å². The van der Waals surface area contributed by atoms with Crippen molar-refractivity contribution in [2.24, 2.45) is 0 Å². The molecule has 0 aliphatic heterocycles. The lowest BCUT2D eigenvalue weighted by atomic mass is 10.00. The molecule has 1 saturated carbocycles. The molecule has 0 radical (unpaired) electrons. The van der Waals surface area contributed by atoms with Crippen LogP contribution in [0.1, 0.15) is 37.7 Å². The van der Waals surface area contributed by atoms with Crippen molar-refractivity contribution >= 4 is 11.9 Å². The summed E-state index contributed by atoms with van der Waals surface area (Å²) in [5.74, 6) is -0.260. The van der Waals surface area contributed by atoms with Crippen LogP contribution in [0.3, 0.4) is 0 Å². The number of hydrogen-bond acceptors (Lipinski definition) is 5. The van der Waals surface area contributed by atoms with Gasteiger partial charge in [0.2, 0.25) is 0 Å². The topological polar surface area (TPSA) is 88.4 Å². The fourth-order valence-electron chi connectivity index (χ4n) is 2.65. The maximum Gasteiger partial charge on any atom is 0.309 e. The first-order valence-corrected chi connectivity index (χ1v) is 8.10. The Balaban J connectivity index is 1.64. The number of rotatable bonds is 7. The Labute approximate surface area is 141 Å². The van der Waals surface area contributed by atoms with Crippen molar-refractivity contribution in [2.75, 3.05) is 13.2 Å². The van der Waals surface area contributed by atoms with Gasteiger partial charge in [0.25, 0.3) is 5.91 Å². The second-order valence-electron chi connectivity index (χ2n) is 6.02. The molecular weight excluding hydrogens is 308 g/mol. The molecule has 2 rings (SSSR count). The smallest absolute Gasteiger partial charge is 0.309 e. The van der Waals surface area contributed by atoms with Crippen LogP contribution in [0.4, 0.5) is 0 Å². The Kier molecular flexibility index (Phi) is 6.19. The van der Waals surface area contributed by atoms with Crippen molar-refractivity contribution in [2.45, 2.75) is 44.6 Å². The van der Waals surface area contributed by atoms with E-state index >= 15 is 0 Å². The highest BCUT2D eigenvalue weighted by Crippen LogP contribution is 2.28. The van der Waals surface area contributed by atoms with Gasteiger partial charge in [-0.15, -0.1) is 0 Å². The maximum absolute atomic E-state index is 11.8. The SMILES string of the molecule is Cc1ccc(OCCC(=O)OCC(=O)NC2(C#N)CCCC2)cc1. The van der Waals surface area contributed by atoms with E-state index in [4.69, 9.17) is 9.47 Å². The van der Waals surface area contributed by atoms with Gasteiger partial charge in [-0.25, -0.2) is 0 Å². The zero-order chi connectivity index (χ0) is 17.4. The summed E-state index contributed by atoms with van der Waals surface area (Å²) in [6, 6.07) is 9.67. The molecule has 0 spiro atoms. The molecule has 0 aromatic heterocycles. The highest BCUT2D eigenvalue weighted by molar-refractivity contribution is 5.81. The van der Waals surface area contributed by atoms with E-state index in [9.17, 15) is 14.9 Å². The van der Waals surface area contributed by atoms with Gasteiger partial charge in [0.1, 0.15) is 11.3 Å². The molecule has 1 aliphatic carbocycles. The minimum absolute atomic E-state index is 0.0601. The Bertz CT molecular complexity index is 613. The number of ether oxygens (including phenoxy) is 2. The number of aryl methyl sites for hydroxylation is 1. The zero-order valence-corrected chi connectivity index (χ0v) is 13.8. The van der Waals surface area contributed by atoms with Gasteiger partial charge in [-0.2, -0.15) is 5.26 Å². The number of carbonyl (C=O) groups is 2. The van der Waals surface area contributed by atoms with Crippen LogP contribution in [0.15, 0.2) is 24.3 Å². The van der Waals surface area contributed by atoms with Gasteiger partial charge >= 0.3 is 5.97 Å². The number of carbonyl (C=O) groups excluding carboxylic acids is 2. The lowest BCUT2D eigenvalue weighted by molar-refractivity contribution is -0.149. The molecule has 0 heterocycles. The van der Waals surface area contributed by atoms with Crippen molar-refractivity contribution in [1.29, 1.82) is 5.26 Å². The van der Waals surface area contributed by atoms with Gasteiger partial charge in [0, 0.05) is 0 Å². The van der Waals surface area contributed by atoms with Crippen LogP contribution < -0.4 is 10.1 Å². The summed E-state index contributed by atoms with van der Waals surface area (Å²) in [5, 5.41) is 11.9. The summed E-state index contributed by atoms with van der Waals surface area (Å²) in [5.41, 5.74) is 0.336. The third-order valence-electron chi connectivity index (χ3n) is 4.01. The Morgan fingerprint density at radius 1 is 1.25 bits per heavy atom. The fraction of sp³-hybridized carbons (Fsp3) is 0.500. The number of nitrogens with zero attached hydrogens (tertiary/aromatic N) is 1. The maximum atomic E-state index is 11.8. The molecule has 0 bridgehead atoms. The number of benzene rings is 1. The Morgan fingerprint density at radius 2 is 1.92 bits per heavy atom. The number of nitriles is 1. The second kappa shape index (κ2) is 8.34. The average molecular weight is 330 g/mol. The summed E-state index contributed by atoms with van der Waals surface area (Å²) in [7, 11) is 0. The van der Waals surface area contributed by atoms with Gasteiger partial charge in [0.05, 0.1) is 19.1 Å². The fourth-order valence-corrected chi connectivity index (χ4v) is 2.65. The van der Waals surface area contributed by atoms with E-state index in [1.54, 1.807) is 0 Å². The first kappa shape index (κ1) is 17.8. The lowest BCUT2D eigenvalue weighted by Gasteiger charge is -2.21. The second-order valence-corrected chi connectivity index (χ2v) is 6.02. The van der Waals surface area contributed by atoms with Crippen LogP contribution in [-0.2, 0) is 14.3 Å². The van der Waals surface area contributed by atoms with E-state index in [0.29, 0.717) is 18.6 Å². The summed E-state index contributed by atoms with van der Waals surface area (Å²) in [6.45, 7) is 1.80. The molecule has 0 atom stereocenters. The van der Waals surface area contributed by atoms with Crippen LogP contribution in [-0.4, -0.2) is 30.6 Å². The molecule has 24 heavy (non-hydrogen) atoms. The number of hydrogen-bond donors (Lipinski definition) is 1. The van der Waals surface area contributed by atoms with E-state index in [0.717, 1.165) is 18.4 Å². The minimum atomic E-state index is -0.794. The third kappa shape index (κ3) is 5.27. The first-order chi connectivity index (χ1) is 11.5. The lowest BCUT2D eigenvalue weighted by Crippen LogP contribution is -2.46. The predicted octanol–water partition coefficient (Wildman–Crippen LogP) is 2.26. The molecule has 128 valence electrons.